The number of nitrogens with zero attached hydrogens (tertiary/aromatic N) is 1. The van der Waals surface area contributed by atoms with Crippen molar-refractivity contribution in [1.29, 1.82) is 0 Å². The van der Waals surface area contributed by atoms with E-state index in [4.69, 9.17) is 5.73 Å². The van der Waals surface area contributed by atoms with Gasteiger partial charge in [0.2, 0.25) is 5.82 Å². The topological polar surface area (TPSA) is 98.3 Å². The molecule has 2 aromatic carbocycles. The third kappa shape index (κ3) is 3.14. The smallest absolute Gasteiger partial charge is 0.306 e. The van der Waals surface area contributed by atoms with Crippen LogP contribution in [0.2, 0.25) is 0 Å². The van der Waals surface area contributed by atoms with Crippen LogP contribution in [-0.4, -0.2) is 10.8 Å². The number of anilines is 2. The van der Waals surface area contributed by atoms with Gasteiger partial charge in [-0.3, -0.25) is 14.9 Å². The summed E-state index contributed by atoms with van der Waals surface area (Å²) in [4.78, 5) is 21.8. The van der Waals surface area contributed by atoms with Gasteiger partial charge < -0.3 is 11.1 Å². The van der Waals surface area contributed by atoms with Crippen LogP contribution in [0, 0.1) is 22.9 Å². The maximum atomic E-state index is 13.2. The van der Waals surface area contributed by atoms with Crippen molar-refractivity contribution in [1.82, 2.24) is 0 Å². The number of carbonyl (C=O) groups is 1. The molecule has 3 N–H and O–H groups in total. The minimum atomic E-state index is -0.961. The van der Waals surface area contributed by atoms with Crippen molar-refractivity contribution in [3.63, 3.8) is 0 Å². The average Bonchev–Trinajstić information content (AvgIpc) is 2.43. The molecule has 0 saturated carbocycles. The van der Waals surface area contributed by atoms with Crippen molar-refractivity contribution in [2.24, 2.45) is 0 Å². The molecule has 0 atom stereocenters. The second-order valence-electron chi connectivity index (χ2n) is 4.45. The summed E-state index contributed by atoms with van der Waals surface area (Å²) in [5, 5.41) is 13.1. The number of nitrogens with one attached hydrogen (secondary N) is 1. The van der Waals surface area contributed by atoms with Crippen LogP contribution in [0.1, 0.15) is 15.9 Å². The molecule has 2 rings (SSSR count). The number of nitrogen functional groups attached to an aromatic ring is 1. The highest BCUT2D eigenvalue weighted by molar-refractivity contribution is 6.05. The van der Waals surface area contributed by atoms with E-state index >= 15 is 0 Å². The molecule has 0 spiro atoms. The van der Waals surface area contributed by atoms with Crippen LogP contribution < -0.4 is 11.1 Å². The number of amides is 1. The molecule has 0 aliphatic carbocycles. The number of hydrogen-bond donors (Lipinski definition) is 2. The highest BCUT2D eigenvalue weighted by Gasteiger charge is 2.16. The van der Waals surface area contributed by atoms with E-state index in [-0.39, 0.29) is 5.69 Å². The SMILES string of the molecule is Cc1ccc(C(=O)Nc2ccc(F)c([N+](=O)[O-])c2)cc1N. The molecule has 0 unspecified atom stereocenters. The Labute approximate surface area is 119 Å². The Morgan fingerprint density at radius 2 is 2.00 bits per heavy atom. The number of rotatable bonds is 3. The lowest BCUT2D eigenvalue weighted by Crippen LogP contribution is -2.12. The highest BCUT2D eigenvalue weighted by Crippen LogP contribution is 2.22. The zero-order valence-corrected chi connectivity index (χ0v) is 11.1. The van der Waals surface area contributed by atoms with Gasteiger partial charge >= 0.3 is 5.69 Å². The maximum absolute atomic E-state index is 13.2. The summed E-state index contributed by atoms with van der Waals surface area (Å²) in [6.07, 6.45) is 0. The van der Waals surface area contributed by atoms with Crippen molar-refractivity contribution in [3.05, 3.63) is 63.5 Å². The molecule has 0 radical (unpaired) electrons. The summed E-state index contributed by atoms with van der Waals surface area (Å²) in [5.41, 5.74) is 6.76. The molecule has 108 valence electrons. The summed E-state index contributed by atoms with van der Waals surface area (Å²) >= 11 is 0. The zero-order valence-electron chi connectivity index (χ0n) is 11.1. The number of nitro groups is 1. The van der Waals surface area contributed by atoms with Gasteiger partial charge in [-0.05, 0) is 36.8 Å². The monoisotopic (exact) mass is 289 g/mol. The molecule has 0 fully saturated rings. The number of halogens is 1. The fourth-order valence-corrected chi connectivity index (χ4v) is 1.72. The van der Waals surface area contributed by atoms with Crippen molar-refractivity contribution in [2.45, 2.75) is 6.92 Å². The molecule has 0 bridgehead atoms. The number of aryl methyl sites for hydroxylation is 1. The Morgan fingerprint density at radius 3 is 2.62 bits per heavy atom. The standard InChI is InChI=1S/C14H12FN3O3/c1-8-2-3-9(6-12(8)16)14(19)17-10-4-5-11(15)13(7-10)18(20)21/h2-7H,16H2,1H3,(H,17,19). The van der Waals surface area contributed by atoms with E-state index in [0.29, 0.717) is 11.3 Å². The summed E-state index contributed by atoms with van der Waals surface area (Å²) in [5.74, 6) is -1.44. The fraction of sp³-hybridized carbons (Fsp3) is 0.0714. The predicted octanol–water partition coefficient (Wildman–Crippen LogP) is 2.88. The van der Waals surface area contributed by atoms with Gasteiger partial charge in [0.05, 0.1) is 4.92 Å². The van der Waals surface area contributed by atoms with Gasteiger partial charge in [0.1, 0.15) is 0 Å². The molecule has 0 aliphatic heterocycles. The first-order valence-electron chi connectivity index (χ1n) is 6.00. The minimum absolute atomic E-state index is 0.132. The highest BCUT2D eigenvalue weighted by atomic mass is 19.1. The largest absolute Gasteiger partial charge is 0.398 e. The molecule has 0 aromatic heterocycles. The van der Waals surface area contributed by atoms with Crippen molar-refractivity contribution < 1.29 is 14.1 Å². The van der Waals surface area contributed by atoms with Gasteiger partial charge in [0.25, 0.3) is 5.91 Å². The van der Waals surface area contributed by atoms with E-state index in [1.54, 1.807) is 19.1 Å². The normalized spacial score (nSPS) is 10.2. The molecule has 6 nitrogen and oxygen atoms in total. The summed E-state index contributed by atoms with van der Waals surface area (Å²) < 4.78 is 13.2. The molecular formula is C14H12FN3O3. The first-order chi connectivity index (χ1) is 9.88. The zero-order chi connectivity index (χ0) is 15.6. The van der Waals surface area contributed by atoms with Crippen LogP contribution in [0.5, 0.6) is 0 Å². The van der Waals surface area contributed by atoms with Gasteiger partial charge in [-0.1, -0.05) is 6.07 Å². The molecule has 7 heteroatoms. The van der Waals surface area contributed by atoms with Gasteiger partial charge in [-0.15, -0.1) is 0 Å². The third-order valence-corrected chi connectivity index (χ3v) is 2.94. The average molecular weight is 289 g/mol. The van der Waals surface area contributed by atoms with Gasteiger partial charge in [-0.2, -0.15) is 4.39 Å². The van der Waals surface area contributed by atoms with Gasteiger partial charge in [0, 0.05) is 23.0 Å². The van der Waals surface area contributed by atoms with E-state index in [1.165, 1.54) is 12.1 Å². The lowest BCUT2D eigenvalue weighted by molar-refractivity contribution is -0.387. The molecule has 0 aliphatic rings. The Kier molecular flexibility index (Phi) is 3.84. The van der Waals surface area contributed by atoms with Crippen LogP contribution in [0.3, 0.4) is 0 Å². The predicted molar refractivity (Wildman–Crippen MR) is 76.6 cm³/mol. The van der Waals surface area contributed by atoms with Crippen LogP contribution in [0.15, 0.2) is 36.4 Å². The molecule has 0 heterocycles. The number of benzene rings is 2. The molecular weight excluding hydrogens is 277 g/mol. The van der Waals surface area contributed by atoms with E-state index in [9.17, 15) is 19.3 Å². The van der Waals surface area contributed by atoms with Gasteiger partial charge in [0.15, 0.2) is 0 Å². The summed E-state index contributed by atoms with van der Waals surface area (Å²) in [6, 6.07) is 7.92. The molecule has 0 saturated heterocycles. The summed E-state index contributed by atoms with van der Waals surface area (Å²) in [6.45, 7) is 1.81. The maximum Gasteiger partial charge on any atom is 0.306 e. The fourth-order valence-electron chi connectivity index (χ4n) is 1.72. The number of hydrogen-bond acceptors (Lipinski definition) is 4. The van der Waals surface area contributed by atoms with Crippen molar-refractivity contribution in [2.75, 3.05) is 11.1 Å². The lowest BCUT2D eigenvalue weighted by Gasteiger charge is -2.07. The van der Waals surface area contributed by atoms with E-state index < -0.39 is 22.3 Å². The molecule has 2 aromatic rings. The van der Waals surface area contributed by atoms with E-state index in [2.05, 4.69) is 5.32 Å². The second kappa shape index (κ2) is 5.58. The summed E-state index contributed by atoms with van der Waals surface area (Å²) in [7, 11) is 0. The Hall–Kier alpha value is -2.96. The second-order valence-corrected chi connectivity index (χ2v) is 4.45. The number of nitrogens with two attached hydrogens (primary N) is 1. The van der Waals surface area contributed by atoms with E-state index in [1.807, 2.05) is 0 Å². The Balaban J connectivity index is 2.25. The molecule has 21 heavy (non-hydrogen) atoms. The number of nitro benzene ring substituents is 1. The van der Waals surface area contributed by atoms with Crippen LogP contribution >= 0.6 is 0 Å². The number of carbonyl (C=O) groups excluding carboxylic acids is 1. The molecule has 1 amide bonds. The van der Waals surface area contributed by atoms with Crippen LogP contribution in [0.4, 0.5) is 21.5 Å². The minimum Gasteiger partial charge on any atom is -0.398 e. The lowest BCUT2D eigenvalue weighted by atomic mass is 10.1. The van der Waals surface area contributed by atoms with Crippen molar-refractivity contribution >= 4 is 23.0 Å². The first kappa shape index (κ1) is 14.4. The van der Waals surface area contributed by atoms with Crippen molar-refractivity contribution in [3.8, 4) is 0 Å². The third-order valence-electron chi connectivity index (χ3n) is 2.94. The quantitative estimate of drug-likeness (QED) is 0.515. The van der Waals surface area contributed by atoms with E-state index in [0.717, 1.165) is 17.7 Å². The van der Waals surface area contributed by atoms with Crippen LogP contribution in [-0.2, 0) is 0 Å². The Bertz CT molecular complexity index is 731. The Morgan fingerprint density at radius 1 is 1.29 bits per heavy atom. The van der Waals surface area contributed by atoms with Crippen LogP contribution in [0.25, 0.3) is 0 Å². The van der Waals surface area contributed by atoms with Gasteiger partial charge in [-0.25, -0.2) is 0 Å². The first-order valence-corrected chi connectivity index (χ1v) is 6.00.